The lowest BCUT2D eigenvalue weighted by atomic mass is 9.72. The van der Waals surface area contributed by atoms with Gasteiger partial charge in [0, 0.05) is 5.56 Å². The van der Waals surface area contributed by atoms with Crippen molar-refractivity contribution in [2.45, 2.75) is 25.6 Å². The maximum absolute atomic E-state index is 11.5. The van der Waals surface area contributed by atoms with Gasteiger partial charge in [-0.15, -0.1) is 0 Å². The normalized spacial score (nSPS) is 25.0. The molecule has 106 valence electrons. The molecule has 3 heteroatoms. The van der Waals surface area contributed by atoms with Gasteiger partial charge in [-0.25, -0.2) is 0 Å². The largest absolute Gasteiger partial charge is 0.366 e. The quantitative estimate of drug-likeness (QED) is 0.918. The summed E-state index contributed by atoms with van der Waals surface area (Å²) in [4.78, 5) is 11.5. The van der Waals surface area contributed by atoms with Crippen molar-refractivity contribution in [1.82, 2.24) is 0 Å². The van der Waals surface area contributed by atoms with Gasteiger partial charge in [-0.3, -0.25) is 4.79 Å². The molecule has 1 amide bonds. The van der Waals surface area contributed by atoms with Gasteiger partial charge in [-0.1, -0.05) is 44.2 Å². The van der Waals surface area contributed by atoms with Crippen LogP contribution in [0, 0.1) is 5.92 Å². The summed E-state index contributed by atoms with van der Waals surface area (Å²) in [5.74, 6) is -0.124. The summed E-state index contributed by atoms with van der Waals surface area (Å²) in [7, 11) is 0. The third kappa shape index (κ3) is 1.39. The van der Waals surface area contributed by atoms with E-state index in [0.717, 1.165) is 11.1 Å². The third-order valence-electron chi connectivity index (χ3n) is 4.78. The van der Waals surface area contributed by atoms with Gasteiger partial charge in [0.15, 0.2) is 0 Å². The maximum atomic E-state index is 11.5. The van der Waals surface area contributed by atoms with E-state index in [0.29, 0.717) is 5.56 Å². The number of hydrogen-bond acceptors (Lipinski definition) is 2. The number of amides is 1. The highest BCUT2D eigenvalue weighted by molar-refractivity contribution is 5.93. The Kier molecular flexibility index (Phi) is 2.37. The zero-order valence-electron chi connectivity index (χ0n) is 12.1. The molecule has 2 aromatic carbocycles. The molecule has 0 aromatic heterocycles. The number of nitrogens with two attached hydrogens (primary N) is 1. The molecule has 0 saturated carbocycles. The van der Waals surface area contributed by atoms with Crippen LogP contribution in [-0.2, 0) is 10.3 Å². The summed E-state index contributed by atoms with van der Waals surface area (Å²) in [6.45, 7) is 4.32. The van der Waals surface area contributed by atoms with Crippen molar-refractivity contribution in [3.05, 3.63) is 70.3 Å². The Labute approximate surface area is 123 Å². The summed E-state index contributed by atoms with van der Waals surface area (Å²) in [6.07, 6.45) is -0.0273. The van der Waals surface area contributed by atoms with Gasteiger partial charge in [0.2, 0.25) is 5.91 Å². The van der Waals surface area contributed by atoms with Crippen LogP contribution in [0.5, 0.6) is 0 Å². The van der Waals surface area contributed by atoms with E-state index < -0.39 is 11.5 Å². The first-order chi connectivity index (χ1) is 10.1. The third-order valence-corrected chi connectivity index (χ3v) is 4.78. The molecule has 2 bridgehead atoms. The molecule has 0 spiro atoms. The molecule has 0 radical (unpaired) electrons. The first-order valence-electron chi connectivity index (χ1n) is 7.27. The SMILES string of the molecule is CC(C)C12OC(c3ccccc31)c1ccc(C(N)=O)cc12. The molecule has 4 rings (SSSR count). The highest BCUT2D eigenvalue weighted by atomic mass is 16.5. The summed E-state index contributed by atoms with van der Waals surface area (Å²) < 4.78 is 6.44. The van der Waals surface area contributed by atoms with Crippen molar-refractivity contribution in [3.8, 4) is 0 Å². The molecule has 2 N–H and O–H groups in total. The minimum atomic E-state index is -0.456. The molecular formula is C18H17NO2. The van der Waals surface area contributed by atoms with E-state index in [-0.39, 0.29) is 12.0 Å². The fraction of sp³-hybridized carbons (Fsp3) is 0.278. The number of carbonyl (C=O) groups excluding carboxylic acids is 1. The fourth-order valence-corrected chi connectivity index (χ4v) is 3.83. The summed E-state index contributed by atoms with van der Waals surface area (Å²) in [6, 6.07) is 14.1. The Bertz CT molecular complexity index is 766. The van der Waals surface area contributed by atoms with Gasteiger partial charge in [0.05, 0.1) is 0 Å². The molecule has 2 atom stereocenters. The zero-order chi connectivity index (χ0) is 14.8. The van der Waals surface area contributed by atoms with Crippen LogP contribution in [0.4, 0.5) is 0 Å². The van der Waals surface area contributed by atoms with Crippen molar-refractivity contribution in [3.63, 3.8) is 0 Å². The van der Waals surface area contributed by atoms with Crippen LogP contribution in [0.15, 0.2) is 42.5 Å². The number of benzene rings is 2. The van der Waals surface area contributed by atoms with Crippen LogP contribution < -0.4 is 5.73 Å². The lowest BCUT2D eigenvalue weighted by Crippen LogP contribution is -2.32. The Morgan fingerprint density at radius 1 is 1.14 bits per heavy atom. The second kappa shape index (κ2) is 3.95. The summed E-state index contributed by atoms with van der Waals surface area (Å²) in [5.41, 5.74) is 10.2. The second-order valence-corrected chi connectivity index (χ2v) is 6.14. The van der Waals surface area contributed by atoms with Crippen molar-refractivity contribution in [1.29, 1.82) is 0 Å². The lowest BCUT2D eigenvalue weighted by Gasteiger charge is -2.33. The minimum absolute atomic E-state index is 0.0273. The monoisotopic (exact) mass is 279 g/mol. The van der Waals surface area contributed by atoms with E-state index in [2.05, 4.69) is 26.0 Å². The first-order valence-corrected chi connectivity index (χ1v) is 7.27. The minimum Gasteiger partial charge on any atom is -0.366 e. The van der Waals surface area contributed by atoms with E-state index in [1.165, 1.54) is 11.1 Å². The van der Waals surface area contributed by atoms with Crippen LogP contribution in [-0.4, -0.2) is 5.91 Å². The molecule has 2 aliphatic rings. The van der Waals surface area contributed by atoms with Crippen LogP contribution in [0.25, 0.3) is 0 Å². The topological polar surface area (TPSA) is 52.3 Å². The number of rotatable bonds is 2. The van der Waals surface area contributed by atoms with Crippen molar-refractivity contribution >= 4 is 5.91 Å². The summed E-state index contributed by atoms with van der Waals surface area (Å²) in [5, 5.41) is 0. The van der Waals surface area contributed by atoms with E-state index in [1.807, 2.05) is 24.3 Å². The molecule has 0 aliphatic carbocycles. The Balaban J connectivity index is 2.03. The smallest absolute Gasteiger partial charge is 0.248 e. The van der Waals surface area contributed by atoms with E-state index in [9.17, 15) is 4.79 Å². The van der Waals surface area contributed by atoms with Crippen LogP contribution >= 0.6 is 0 Å². The fourth-order valence-electron chi connectivity index (χ4n) is 3.83. The Morgan fingerprint density at radius 3 is 2.57 bits per heavy atom. The second-order valence-electron chi connectivity index (χ2n) is 6.14. The predicted molar refractivity (Wildman–Crippen MR) is 79.9 cm³/mol. The van der Waals surface area contributed by atoms with Gasteiger partial charge >= 0.3 is 0 Å². The lowest BCUT2D eigenvalue weighted by molar-refractivity contribution is -0.0374. The van der Waals surface area contributed by atoms with Crippen molar-refractivity contribution in [2.24, 2.45) is 11.7 Å². The van der Waals surface area contributed by atoms with Crippen LogP contribution in [0.3, 0.4) is 0 Å². The molecule has 0 saturated heterocycles. The Hall–Kier alpha value is -2.13. The number of primary amides is 1. The van der Waals surface area contributed by atoms with Gasteiger partial charge in [0.1, 0.15) is 11.7 Å². The number of carbonyl (C=O) groups is 1. The average Bonchev–Trinajstić information content (AvgIpc) is 3.00. The van der Waals surface area contributed by atoms with Crippen molar-refractivity contribution < 1.29 is 9.53 Å². The van der Waals surface area contributed by atoms with Crippen molar-refractivity contribution in [2.75, 3.05) is 0 Å². The molecule has 2 aliphatic heterocycles. The highest BCUT2D eigenvalue weighted by Gasteiger charge is 2.55. The number of hydrogen-bond donors (Lipinski definition) is 1. The molecule has 0 fully saturated rings. The van der Waals surface area contributed by atoms with E-state index in [4.69, 9.17) is 10.5 Å². The number of ether oxygens (including phenoxy) is 1. The molecule has 2 heterocycles. The van der Waals surface area contributed by atoms with Gasteiger partial charge in [-0.2, -0.15) is 0 Å². The van der Waals surface area contributed by atoms with E-state index in [1.54, 1.807) is 6.07 Å². The zero-order valence-corrected chi connectivity index (χ0v) is 12.1. The molecule has 2 unspecified atom stereocenters. The Morgan fingerprint density at radius 2 is 1.86 bits per heavy atom. The molecule has 3 nitrogen and oxygen atoms in total. The van der Waals surface area contributed by atoms with Crippen LogP contribution in [0.1, 0.15) is 52.6 Å². The van der Waals surface area contributed by atoms with Gasteiger partial charge in [-0.05, 0) is 40.3 Å². The standard InChI is InChI=1S/C18H17NO2/c1-10(2)18-14-6-4-3-5-12(14)16(21-18)13-8-7-11(17(19)20)9-15(13)18/h3-10,16H,1-2H3,(H2,19,20). The first kappa shape index (κ1) is 12.6. The predicted octanol–water partition coefficient (Wildman–Crippen LogP) is 3.12. The van der Waals surface area contributed by atoms with Gasteiger partial charge < -0.3 is 10.5 Å². The van der Waals surface area contributed by atoms with E-state index >= 15 is 0 Å². The summed E-state index contributed by atoms with van der Waals surface area (Å²) >= 11 is 0. The van der Waals surface area contributed by atoms with Gasteiger partial charge in [0.25, 0.3) is 0 Å². The maximum Gasteiger partial charge on any atom is 0.248 e. The molecular weight excluding hydrogens is 262 g/mol. The molecule has 2 aromatic rings. The number of fused-ring (bicyclic) bond motifs is 8. The average molecular weight is 279 g/mol. The van der Waals surface area contributed by atoms with Crippen LogP contribution in [0.2, 0.25) is 0 Å². The molecule has 21 heavy (non-hydrogen) atoms. The highest BCUT2D eigenvalue weighted by Crippen LogP contribution is 2.60.